The minimum atomic E-state index is 0.0664. The predicted molar refractivity (Wildman–Crippen MR) is 66.0 cm³/mol. The first-order valence-corrected chi connectivity index (χ1v) is 7.03. The van der Waals surface area contributed by atoms with E-state index in [4.69, 9.17) is 21.1 Å². The molecule has 2 aliphatic rings. The Morgan fingerprint density at radius 1 is 1.44 bits per heavy atom. The second-order valence-electron chi connectivity index (χ2n) is 5.28. The number of halogens is 1. The van der Waals surface area contributed by atoms with Crippen LogP contribution in [0.1, 0.15) is 45.4 Å². The van der Waals surface area contributed by atoms with E-state index in [1.165, 1.54) is 19.3 Å². The molecule has 94 valence electrons. The van der Waals surface area contributed by atoms with Gasteiger partial charge in [-0.25, -0.2) is 0 Å². The summed E-state index contributed by atoms with van der Waals surface area (Å²) >= 11 is 6.18. The van der Waals surface area contributed by atoms with Crippen LogP contribution in [0.5, 0.6) is 0 Å². The third-order valence-corrected chi connectivity index (χ3v) is 4.52. The van der Waals surface area contributed by atoms with Crippen LogP contribution >= 0.6 is 11.6 Å². The van der Waals surface area contributed by atoms with Gasteiger partial charge in [0.1, 0.15) is 0 Å². The van der Waals surface area contributed by atoms with Crippen molar-refractivity contribution in [2.75, 3.05) is 19.8 Å². The highest BCUT2D eigenvalue weighted by atomic mass is 35.5. The first-order chi connectivity index (χ1) is 7.74. The van der Waals surface area contributed by atoms with Crippen LogP contribution in [-0.2, 0) is 9.47 Å². The number of alkyl halides is 1. The van der Waals surface area contributed by atoms with Crippen LogP contribution in [0.2, 0.25) is 0 Å². The molecule has 2 heterocycles. The van der Waals surface area contributed by atoms with E-state index in [9.17, 15) is 0 Å². The molecule has 0 aromatic carbocycles. The molecule has 0 bridgehead atoms. The maximum atomic E-state index is 6.18. The summed E-state index contributed by atoms with van der Waals surface area (Å²) in [5.41, 5.74) is 0.0664. The summed E-state index contributed by atoms with van der Waals surface area (Å²) < 4.78 is 11.4. The molecule has 0 N–H and O–H groups in total. The first-order valence-electron chi connectivity index (χ1n) is 6.60. The van der Waals surface area contributed by atoms with Crippen molar-refractivity contribution >= 4 is 11.6 Å². The van der Waals surface area contributed by atoms with E-state index in [-0.39, 0.29) is 5.60 Å². The van der Waals surface area contributed by atoms with Gasteiger partial charge < -0.3 is 9.47 Å². The van der Waals surface area contributed by atoms with Crippen molar-refractivity contribution in [2.45, 2.75) is 56.4 Å². The van der Waals surface area contributed by atoms with Crippen molar-refractivity contribution in [1.29, 1.82) is 0 Å². The molecule has 0 aliphatic carbocycles. The zero-order chi connectivity index (χ0) is 11.4. The standard InChI is InChI=1S/C13H23ClO2/c1-2-12(14)4-3-11-5-7-16-13(9-11)6-8-15-10-13/h11-12H,2-10H2,1H3. The maximum absolute atomic E-state index is 6.18. The molecule has 2 nitrogen and oxygen atoms in total. The Morgan fingerprint density at radius 3 is 3.00 bits per heavy atom. The van der Waals surface area contributed by atoms with Crippen LogP contribution in [0.25, 0.3) is 0 Å². The molecule has 3 atom stereocenters. The van der Waals surface area contributed by atoms with E-state index in [1.807, 2.05) is 0 Å². The van der Waals surface area contributed by atoms with Gasteiger partial charge in [-0.3, -0.25) is 0 Å². The fourth-order valence-electron chi connectivity index (χ4n) is 2.86. The Bertz CT molecular complexity index is 214. The topological polar surface area (TPSA) is 18.5 Å². The van der Waals surface area contributed by atoms with Crippen molar-refractivity contribution < 1.29 is 9.47 Å². The van der Waals surface area contributed by atoms with Crippen molar-refractivity contribution in [3.63, 3.8) is 0 Å². The smallest absolute Gasteiger partial charge is 0.0939 e. The lowest BCUT2D eigenvalue weighted by Crippen LogP contribution is -2.40. The Labute approximate surface area is 104 Å². The van der Waals surface area contributed by atoms with E-state index in [2.05, 4.69) is 6.92 Å². The van der Waals surface area contributed by atoms with Gasteiger partial charge in [-0.1, -0.05) is 6.92 Å². The lowest BCUT2D eigenvalue weighted by Gasteiger charge is -2.37. The van der Waals surface area contributed by atoms with Gasteiger partial charge in [-0.05, 0) is 38.0 Å². The average molecular weight is 247 g/mol. The predicted octanol–water partition coefficient (Wildman–Crippen LogP) is 3.37. The largest absolute Gasteiger partial charge is 0.378 e. The lowest BCUT2D eigenvalue weighted by molar-refractivity contribution is -0.0989. The summed E-state index contributed by atoms with van der Waals surface area (Å²) in [7, 11) is 0. The monoisotopic (exact) mass is 246 g/mol. The Kier molecular flexibility index (Phi) is 4.51. The van der Waals surface area contributed by atoms with Crippen molar-refractivity contribution in [1.82, 2.24) is 0 Å². The molecule has 2 fully saturated rings. The number of ether oxygens (including phenoxy) is 2. The van der Waals surface area contributed by atoms with Gasteiger partial charge in [0, 0.05) is 25.0 Å². The normalized spacial score (nSPS) is 36.8. The Balaban J connectivity index is 1.78. The van der Waals surface area contributed by atoms with Crippen LogP contribution in [0.4, 0.5) is 0 Å². The van der Waals surface area contributed by atoms with Gasteiger partial charge in [0.2, 0.25) is 0 Å². The summed E-state index contributed by atoms with van der Waals surface area (Å²) in [5, 5.41) is 0.360. The SMILES string of the molecule is CCC(Cl)CCC1CCOC2(CCOC2)C1. The third kappa shape index (κ3) is 3.12. The molecule has 16 heavy (non-hydrogen) atoms. The first kappa shape index (κ1) is 12.7. The quantitative estimate of drug-likeness (QED) is 0.708. The zero-order valence-electron chi connectivity index (χ0n) is 10.2. The van der Waals surface area contributed by atoms with E-state index in [0.717, 1.165) is 45.0 Å². The molecule has 1 spiro atoms. The molecular weight excluding hydrogens is 224 g/mol. The van der Waals surface area contributed by atoms with Gasteiger partial charge in [0.05, 0.1) is 12.2 Å². The van der Waals surface area contributed by atoms with Crippen molar-refractivity contribution in [2.24, 2.45) is 5.92 Å². The van der Waals surface area contributed by atoms with Crippen LogP contribution in [0.15, 0.2) is 0 Å². The van der Waals surface area contributed by atoms with Gasteiger partial charge in [0.15, 0.2) is 0 Å². The molecule has 2 saturated heterocycles. The lowest BCUT2D eigenvalue weighted by atomic mass is 9.82. The molecule has 0 aromatic heterocycles. The van der Waals surface area contributed by atoms with Gasteiger partial charge in [0.25, 0.3) is 0 Å². The van der Waals surface area contributed by atoms with Gasteiger partial charge in [-0.15, -0.1) is 11.6 Å². The van der Waals surface area contributed by atoms with E-state index < -0.39 is 0 Å². The summed E-state index contributed by atoms with van der Waals surface area (Å²) in [6, 6.07) is 0. The summed E-state index contributed by atoms with van der Waals surface area (Å²) in [5.74, 6) is 0.795. The highest BCUT2D eigenvalue weighted by Crippen LogP contribution is 2.37. The number of hydrogen-bond acceptors (Lipinski definition) is 2. The minimum Gasteiger partial charge on any atom is -0.378 e. The molecule has 3 unspecified atom stereocenters. The van der Waals surface area contributed by atoms with E-state index >= 15 is 0 Å². The summed E-state index contributed by atoms with van der Waals surface area (Å²) in [4.78, 5) is 0. The third-order valence-electron chi connectivity index (χ3n) is 3.99. The molecule has 3 heteroatoms. The molecule has 2 aliphatic heterocycles. The van der Waals surface area contributed by atoms with Crippen LogP contribution < -0.4 is 0 Å². The van der Waals surface area contributed by atoms with Crippen LogP contribution in [0, 0.1) is 5.92 Å². The molecule has 0 amide bonds. The minimum absolute atomic E-state index is 0.0664. The second-order valence-corrected chi connectivity index (χ2v) is 5.89. The zero-order valence-corrected chi connectivity index (χ0v) is 11.0. The molecular formula is C13H23ClO2. The summed E-state index contributed by atoms with van der Waals surface area (Å²) in [6.07, 6.45) is 6.96. The summed E-state index contributed by atoms with van der Waals surface area (Å²) in [6.45, 7) is 4.75. The molecule has 0 radical (unpaired) electrons. The Hall–Kier alpha value is 0.210. The van der Waals surface area contributed by atoms with Gasteiger partial charge >= 0.3 is 0 Å². The highest BCUT2D eigenvalue weighted by molar-refractivity contribution is 6.20. The van der Waals surface area contributed by atoms with Crippen molar-refractivity contribution in [3.05, 3.63) is 0 Å². The maximum Gasteiger partial charge on any atom is 0.0939 e. The van der Waals surface area contributed by atoms with Gasteiger partial charge in [-0.2, -0.15) is 0 Å². The van der Waals surface area contributed by atoms with E-state index in [0.29, 0.717) is 5.38 Å². The Morgan fingerprint density at radius 2 is 2.31 bits per heavy atom. The fraction of sp³-hybridized carbons (Fsp3) is 1.00. The number of rotatable bonds is 4. The number of hydrogen-bond donors (Lipinski definition) is 0. The van der Waals surface area contributed by atoms with E-state index in [1.54, 1.807) is 0 Å². The molecule has 0 saturated carbocycles. The highest BCUT2D eigenvalue weighted by Gasteiger charge is 2.40. The fourth-order valence-corrected chi connectivity index (χ4v) is 2.99. The second kappa shape index (κ2) is 5.70. The van der Waals surface area contributed by atoms with Crippen LogP contribution in [-0.4, -0.2) is 30.8 Å². The van der Waals surface area contributed by atoms with Crippen LogP contribution in [0.3, 0.4) is 0 Å². The van der Waals surface area contributed by atoms with Crippen molar-refractivity contribution in [3.8, 4) is 0 Å². The molecule has 2 rings (SSSR count). The average Bonchev–Trinajstić information content (AvgIpc) is 2.74. The molecule has 0 aromatic rings.